The number of nitrogens with one attached hydrogen (secondary N) is 1. The molecular formula is C14H16BrFN2O. The Labute approximate surface area is 120 Å². The van der Waals surface area contributed by atoms with Crippen LogP contribution in [0.1, 0.15) is 19.5 Å². The van der Waals surface area contributed by atoms with Crippen LogP contribution in [0.5, 0.6) is 0 Å². The van der Waals surface area contributed by atoms with Crippen LogP contribution >= 0.6 is 15.9 Å². The Morgan fingerprint density at radius 1 is 1.42 bits per heavy atom. The van der Waals surface area contributed by atoms with Crippen LogP contribution < -0.4 is 5.32 Å². The van der Waals surface area contributed by atoms with E-state index in [1.165, 1.54) is 12.5 Å². The molecule has 19 heavy (non-hydrogen) atoms. The first-order valence-electron chi connectivity index (χ1n) is 6.16. The van der Waals surface area contributed by atoms with Crippen molar-refractivity contribution in [3.63, 3.8) is 0 Å². The number of benzene rings is 1. The summed E-state index contributed by atoms with van der Waals surface area (Å²) in [4.78, 5) is 4.20. The zero-order chi connectivity index (χ0) is 13.8. The van der Waals surface area contributed by atoms with Crippen molar-refractivity contribution in [3.05, 3.63) is 40.6 Å². The lowest BCUT2D eigenvalue weighted by atomic mass is 10.1. The molecule has 0 amide bonds. The Morgan fingerprint density at radius 2 is 2.21 bits per heavy atom. The third kappa shape index (κ3) is 3.64. The van der Waals surface area contributed by atoms with Crippen LogP contribution in [-0.4, -0.2) is 11.5 Å². The van der Waals surface area contributed by atoms with E-state index in [2.05, 4.69) is 40.1 Å². The molecule has 1 N–H and O–H groups in total. The van der Waals surface area contributed by atoms with Crippen LogP contribution in [-0.2, 0) is 6.54 Å². The molecule has 0 fully saturated rings. The maximum absolute atomic E-state index is 13.2. The molecule has 1 aromatic carbocycles. The molecule has 0 radical (unpaired) electrons. The van der Waals surface area contributed by atoms with E-state index >= 15 is 0 Å². The van der Waals surface area contributed by atoms with Gasteiger partial charge in [-0.25, -0.2) is 9.37 Å². The maximum atomic E-state index is 13.2. The molecule has 102 valence electrons. The first kappa shape index (κ1) is 14.2. The van der Waals surface area contributed by atoms with Crippen LogP contribution in [0.2, 0.25) is 0 Å². The van der Waals surface area contributed by atoms with Gasteiger partial charge in [0.05, 0.1) is 4.47 Å². The minimum Gasteiger partial charge on any atom is -0.443 e. The second-order valence-electron chi connectivity index (χ2n) is 4.78. The fourth-order valence-electron chi connectivity index (χ4n) is 1.75. The molecule has 0 spiro atoms. The summed E-state index contributed by atoms with van der Waals surface area (Å²) in [6.45, 7) is 5.85. The Morgan fingerprint density at radius 3 is 2.89 bits per heavy atom. The summed E-state index contributed by atoms with van der Waals surface area (Å²) in [6.07, 6.45) is 1.42. The van der Waals surface area contributed by atoms with Crippen LogP contribution in [0.25, 0.3) is 11.3 Å². The fourth-order valence-corrected chi connectivity index (χ4v) is 2.13. The van der Waals surface area contributed by atoms with Gasteiger partial charge >= 0.3 is 0 Å². The van der Waals surface area contributed by atoms with Gasteiger partial charge in [-0.15, -0.1) is 0 Å². The molecule has 1 aromatic heterocycles. The van der Waals surface area contributed by atoms with E-state index in [1.54, 1.807) is 12.1 Å². The Bertz CT molecular complexity index is 554. The van der Waals surface area contributed by atoms with Crippen molar-refractivity contribution in [2.75, 3.05) is 6.54 Å². The maximum Gasteiger partial charge on any atom is 0.181 e. The fraction of sp³-hybridized carbons (Fsp3) is 0.357. The predicted octanol–water partition coefficient (Wildman–Crippen LogP) is 3.99. The summed E-state index contributed by atoms with van der Waals surface area (Å²) in [5.74, 6) is 0.968. The minimum absolute atomic E-state index is 0.289. The zero-order valence-corrected chi connectivity index (χ0v) is 12.5. The second kappa shape index (κ2) is 6.30. The van der Waals surface area contributed by atoms with Gasteiger partial charge in [0, 0.05) is 12.1 Å². The van der Waals surface area contributed by atoms with E-state index in [4.69, 9.17) is 4.42 Å². The smallest absolute Gasteiger partial charge is 0.181 e. The highest BCUT2D eigenvalue weighted by atomic mass is 79.9. The van der Waals surface area contributed by atoms with Crippen molar-refractivity contribution in [2.24, 2.45) is 5.92 Å². The van der Waals surface area contributed by atoms with Crippen molar-refractivity contribution < 1.29 is 8.81 Å². The summed E-state index contributed by atoms with van der Waals surface area (Å²) < 4.78 is 19.1. The molecule has 0 unspecified atom stereocenters. The average Bonchev–Trinajstić information content (AvgIpc) is 2.80. The molecule has 0 bridgehead atoms. The van der Waals surface area contributed by atoms with Gasteiger partial charge in [0.2, 0.25) is 0 Å². The first-order valence-corrected chi connectivity index (χ1v) is 6.95. The molecule has 1 heterocycles. The summed E-state index contributed by atoms with van der Waals surface area (Å²) in [5, 5.41) is 3.32. The van der Waals surface area contributed by atoms with Gasteiger partial charge in [-0.3, -0.25) is 0 Å². The van der Waals surface area contributed by atoms with E-state index in [0.717, 1.165) is 17.8 Å². The normalized spacial score (nSPS) is 11.2. The van der Waals surface area contributed by atoms with Gasteiger partial charge in [0.25, 0.3) is 0 Å². The Kier molecular flexibility index (Phi) is 4.71. The van der Waals surface area contributed by atoms with Gasteiger partial charge in [0.1, 0.15) is 11.5 Å². The van der Waals surface area contributed by atoms with E-state index in [-0.39, 0.29) is 5.82 Å². The number of rotatable bonds is 5. The largest absolute Gasteiger partial charge is 0.443 e. The first-order chi connectivity index (χ1) is 9.08. The number of hydrogen-bond acceptors (Lipinski definition) is 3. The lowest BCUT2D eigenvalue weighted by Crippen LogP contribution is -2.19. The number of halogens is 2. The Balaban J connectivity index is 2.16. The van der Waals surface area contributed by atoms with Crippen LogP contribution in [0.3, 0.4) is 0 Å². The van der Waals surface area contributed by atoms with Crippen LogP contribution in [0.4, 0.5) is 4.39 Å². The molecule has 2 rings (SSSR count). The third-order valence-corrected chi connectivity index (χ3v) is 3.28. The lowest BCUT2D eigenvalue weighted by Gasteiger charge is -2.07. The topological polar surface area (TPSA) is 38.1 Å². The molecule has 0 aliphatic rings. The van der Waals surface area contributed by atoms with Gasteiger partial charge in [0.15, 0.2) is 12.2 Å². The number of oxazole rings is 1. The number of nitrogens with zero attached hydrogens (tertiary/aromatic N) is 1. The Hall–Kier alpha value is -1.20. The monoisotopic (exact) mass is 326 g/mol. The molecule has 0 saturated carbocycles. The molecule has 0 atom stereocenters. The molecule has 5 heteroatoms. The highest BCUT2D eigenvalue weighted by molar-refractivity contribution is 9.10. The van der Waals surface area contributed by atoms with Crippen molar-refractivity contribution in [2.45, 2.75) is 20.4 Å². The van der Waals surface area contributed by atoms with Crippen LogP contribution in [0.15, 0.2) is 33.5 Å². The summed E-state index contributed by atoms with van der Waals surface area (Å²) in [5.41, 5.74) is 1.64. The molecular weight excluding hydrogens is 311 g/mol. The van der Waals surface area contributed by atoms with Crippen molar-refractivity contribution in [1.82, 2.24) is 10.3 Å². The summed E-state index contributed by atoms with van der Waals surface area (Å²) in [7, 11) is 0. The van der Waals surface area contributed by atoms with Gasteiger partial charge in [-0.2, -0.15) is 0 Å². The van der Waals surface area contributed by atoms with Gasteiger partial charge in [-0.1, -0.05) is 13.8 Å². The SMILES string of the molecule is CC(C)CNCc1ncoc1-c1ccc(F)c(Br)c1. The van der Waals surface area contributed by atoms with Gasteiger partial charge < -0.3 is 9.73 Å². The highest BCUT2D eigenvalue weighted by Crippen LogP contribution is 2.27. The standard InChI is InChI=1S/C14H16BrFN2O/c1-9(2)6-17-7-13-14(19-8-18-13)10-3-4-12(16)11(15)5-10/h3-5,8-9,17H,6-7H2,1-2H3. The van der Waals surface area contributed by atoms with E-state index in [1.807, 2.05) is 0 Å². The van der Waals surface area contributed by atoms with E-state index in [9.17, 15) is 4.39 Å². The van der Waals surface area contributed by atoms with Crippen molar-refractivity contribution in [3.8, 4) is 11.3 Å². The molecule has 0 aliphatic carbocycles. The molecule has 0 aliphatic heterocycles. The van der Waals surface area contributed by atoms with E-state index < -0.39 is 0 Å². The van der Waals surface area contributed by atoms with Crippen molar-refractivity contribution >= 4 is 15.9 Å². The number of aromatic nitrogens is 1. The predicted molar refractivity (Wildman–Crippen MR) is 76.1 cm³/mol. The molecule has 0 saturated heterocycles. The van der Waals surface area contributed by atoms with Crippen molar-refractivity contribution in [1.29, 1.82) is 0 Å². The minimum atomic E-state index is -0.289. The summed E-state index contributed by atoms with van der Waals surface area (Å²) in [6, 6.07) is 4.79. The third-order valence-electron chi connectivity index (χ3n) is 2.67. The van der Waals surface area contributed by atoms with Gasteiger partial charge in [-0.05, 0) is 46.6 Å². The average molecular weight is 327 g/mol. The highest BCUT2D eigenvalue weighted by Gasteiger charge is 2.12. The quantitative estimate of drug-likeness (QED) is 0.902. The zero-order valence-electron chi connectivity index (χ0n) is 10.9. The molecule has 2 aromatic rings. The lowest BCUT2D eigenvalue weighted by molar-refractivity contribution is 0.545. The van der Waals surface area contributed by atoms with Crippen LogP contribution in [0, 0.1) is 11.7 Å². The second-order valence-corrected chi connectivity index (χ2v) is 5.64. The van der Waals surface area contributed by atoms with E-state index in [0.29, 0.717) is 22.7 Å². The molecule has 3 nitrogen and oxygen atoms in total. The summed E-state index contributed by atoms with van der Waals surface area (Å²) >= 11 is 3.18. The number of hydrogen-bond donors (Lipinski definition) is 1.